The van der Waals surface area contributed by atoms with Gasteiger partial charge in [-0.1, -0.05) is 56.3 Å². The summed E-state index contributed by atoms with van der Waals surface area (Å²) in [7, 11) is 0.822. The maximum Gasteiger partial charge on any atom is 0.146 e. The largest absolute Gasteiger partial charge is 0.427 e. The van der Waals surface area contributed by atoms with Crippen LogP contribution < -0.4 is 0 Å². The molecule has 0 fully saturated rings. The molecule has 1 aromatic carbocycles. The molecule has 0 amide bonds. The van der Waals surface area contributed by atoms with E-state index in [1.165, 1.54) is 5.56 Å². The van der Waals surface area contributed by atoms with Gasteiger partial charge in [-0.05, 0) is 18.4 Å². The van der Waals surface area contributed by atoms with Crippen molar-refractivity contribution in [2.24, 2.45) is 5.41 Å². The van der Waals surface area contributed by atoms with Crippen molar-refractivity contribution in [1.82, 2.24) is 0 Å². The Labute approximate surface area is 102 Å². The monoisotopic (exact) mass is 234 g/mol. The summed E-state index contributed by atoms with van der Waals surface area (Å²) < 4.78 is 5.47. The van der Waals surface area contributed by atoms with Gasteiger partial charge in [-0.25, -0.2) is 0 Å². The van der Waals surface area contributed by atoms with Crippen LogP contribution in [0.5, 0.6) is 0 Å². The van der Waals surface area contributed by atoms with E-state index in [4.69, 9.17) is 4.43 Å². The zero-order valence-electron chi connectivity index (χ0n) is 10.6. The van der Waals surface area contributed by atoms with E-state index < -0.39 is 0 Å². The molecule has 0 atom stereocenters. The van der Waals surface area contributed by atoms with Crippen molar-refractivity contribution in [3.63, 3.8) is 0 Å². The smallest absolute Gasteiger partial charge is 0.146 e. The maximum absolute atomic E-state index is 5.47. The highest BCUT2D eigenvalue weighted by Gasteiger charge is 2.21. The molecule has 16 heavy (non-hydrogen) atoms. The van der Waals surface area contributed by atoms with Crippen LogP contribution >= 0.6 is 0 Å². The van der Waals surface area contributed by atoms with Crippen molar-refractivity contribution in [3.8, 4) is 0 Å². The van der Waals surface area contributed by atoms with Crippen LogP contribution in [0, 0.1) is 5.41 Å². The summed E-state index contributed by atoms with van der Waals surface area (Å²) in [6.07, 6.45) is 6.80. The number of rotatable bonds is 6. The fourth-order valence-corrected chi connectivity index (χ4v) is 2.44. The fourth-order valence-electron chi connectivity index (χ4n) is 1.86. The summed E-state index contributed by atoms with van der Waals surface area (Å²) in [4.78, 5) is 0. The molecule has 0 radical (unpaired) electrons. The van der Waals surface area contributed by atoms with Crippen molar-refractivity contribution in [3.05, 3.63) is 42.0 Å². The minimum atomic E-state index is 0.220. The first-order valence-electron chi connectivity index (χ1n) is 5.99. The first-order valence-corrected chi connectivity index (χ1v) is 6.81. The van der Waals surface area contributed by atoms with E-state index in [0.29, 0.717) is 0 Å². The summed E-state index contributed by atoms with van der Waals surface area (Å²) >= 11 is 0. The van der Waals surface area contributed by atoms with E-state index in [2.05, 4.69) is 50.3 Å². The van der Waals surface area contributed by atoms with Crippen molar-refractivity contribution < 1.29 is 4.43 Å². The molecule has 0 saturated carbocycles. The normalized spacial score (nSPS) is 12.4. The minimum Gasteiger partial charge on any atom is -0.427 e. The molecule has 0 saturated heterocycles. The van der Waals surface area contributed by atoms with Gasteiger partial charge in [-0.15, -0.1) is 0 Å². The standard InChI is InChI=1S/C14H22OSi/c1-3-14(4-2,12-15-16)11-10-13-8-6-5-7-9-13/h5-11H,3-4,12H2,1-2,16H3. The lowest BCUT2D eigenvalue weighted by atomic mass is 9.82. The van der Waals surface area contributed by atoms with Gasteiger partial charge in [0.15, 0.2) is 0 Å². The molecule has 1 nitrogen and oxygen atoms in total. The summed E-state index contributed by atoms with van der Waals surface area (Å²) in [5.41, 5.74) is 1.49. The molecule has 0 bridgehead atoms. The predicted octanol–water partition coefficient (Wildman–Crippen LogP) is 2.80. The van der Waals surface area contributed by atoms with Gasteiger partial charge in [0.1, 0.15) is 10.5 Å². The Morgan fingerprint density at radius 1 is 1.19 bits per heavy atom. The first kappa shape index (κ1) is 13.2. The quantitative estimate of drug-likeness (QED) is 0.688. The minimum absolute atomic E-state index is 0.220. The van der Waals surface area contributed by atoms with Gasteiger partial charge in [0.25, 0.3) is 0 Å². The second-order valence-electron chi connectivity index (χ2n) is 4.25. The highest BCUT2D eigenvalue weighted by Crippen LogP contribution is 2.29. The Balaban J connectivity index is 2.79. The molecular formula is C14H22OSi. The lowest BCUT2D eigenvalue weighted by Crippen LogP contribution is -2.22. The van der Waals surface area contributed by atoms with Crippen LogP contribution in [0.4, 0.5) is 0 Å². The second-order valence-corrected chi connectivity index (χ2v) is 4.82. The van der Waals surface area contributed by atoms with E-state index in [9.17, 15) is 0 Å². The molecule has 0 aliphatic carbocycles. The van der Waals surface area contributed by atoms with Crippen LogP contribution in [0.25, 0.3) is 6.08 Å². The van der Waals surface area contributed by atoms with Gasteiger partial charge in [0.2, 0.25) is 0 Å². The summed E-state index contributed by atoms with van der Waals surface area (Å²) in [5.74, 6) is 0. The zero-order valence-corrected chi connectivity index (χ0v) is 12.6. The molecule has 88 valence electrons. The van der Waals surface area contributed by atoms with E-state index in [-0.39, 0.29) is 5.41 Å². The third-order valence-electron chi connectivity index (χ3n) is 3.27. The molecule has 0 N–H and O–H groups in total. The summed E-state index contributed by atoms with van der Waals surface area (Å²) in [6, 6.07) is 10.5. The van der Waals surface area contributed by atoms with Crippen LogP contribution in [0.15, 0.2) is 36.4 Å². The Morgan fingerprint density at radius 3 is 2.31 bits per heavy atom. The molecule has 0 unspecified atom stereocenters. The lowest BCUT2D eigenvalue weighted by Gasteiger charge is -2.27. The molecule has 0 aromatic heterocycles. The van der Waals surface area contributed by atoms with Crippen molar-refractivity contribution in [1.29, 1.82) is 0 Å². The molecular weight excluding hydrogens is 212 g/mol. The van der Waals surface area contributed by atoms with Gasteiger partial charge < -0.3 is 4.43 Å². The molecule has 0 aliphatic rings. The molecule has 2 heteroatoms. The lowest BCUT2D eigenvalue weighted by molar-refractivity contribution is 0.193. The fraction of sp³-hybridized carbons (Fsp3) is 0.429. The van der Waals surface area contributed by atoms with E-state index in [0.717, 1.165) is 29.9 Å². The van der Waals surface area contributed by atoms with E-state index in [1.54, 1.807) is 0 Å². The Morgan fingerprint density at radius 2 is 1.81 bits per heavy atom. The van der Waals surface area contributed by atoms with Gasteiger partial charge in [0.05, 0.1) is 0 Å². The predicted molar refractivity (Wildman–Crippen MR) is 74.4 cm³/mol. The topological polar surface area (TPSA) is 9.23 Å². The van der Waals surface area contributed by atoms with Crippen LogP contribution in [0.3, 0.4) is 0 Å². The SMILES string of the molecule is CCC(C=Cc1ccccc1)(CC)CO[SiH3]. The molecule has 1 aromatic rings. The molecule has 0 heterocycles. The third kappa shape index (κ3) is 3.61. The van der Waals surface area contributed by atoms with Crippen molar-refractivity contribution >= 4 is 16.6 Å². The maximum atomic E-state index is 5.47. The third-order valence-corrected chi connectivity index (χ3v) is 3.56. The number of hydrogen-bond donors (Lipinski definition) is 0. The van der Waals surface area contributed by atoms with Crippen molar-refractivity contribution in [2.75, 3.05) is 6.61 Å². The highest BCUT2D eigenvalue weighted by atomic mass is 28.2. The van der Waals surface area contributed by atoms with E-state index in [1.807, 2.05) is 6.07 Å². The Bertz CT molecular complexity index is 315. The average Bonchev–Trinajstić information content (AvgIpc) is 2.36. The summed E-state index contributed by atoms with van der Waals surface area (Å²) in [6.45, 7) is 5.33. The Kier molecular flexibility index (Phi) is 5.50. The number of hydrogen-bond acceptors (Lipinski definition) is 1. The first-order chi connectivity index (χ1) is 7.76. The van der Waals surface area contributed by atoms with E-state index >= 15 is 0 Å². The highest BCUT2D eigenvalue weighted by molar-refractivity contribution is 5.97. The van der Waals surface area contributed by atoms with Gasteiger partial charge in [0, 0.05) is 12.0 Å². The number of benzene rings is 1. The van der Waals surface area contributed by atoms with Crippen LogP contribution in [0.2, 0.25) is 0 Å². The molecule has 1 rings (SSSR count). The summed E-state index contributed by atoms with van der Waals surface area (Å²) in [5, 5.41) is 0. The van der Waals surface area contributed by atoms with Crippen LogP contribution in [-0.2, 0) is 4.43 Å². The van der Waals surface area contributed by atoms with Crippen LogP contribution in [0.1, 0.15) is 32.3 Å². The van der Waals surface area contributed by atoms with Gasteiger partial charge in [-0.3, -0.25) is 0 Å². The zero-order chi connectivity index (χ0) is 11.9. The molecule has 0 spiro atoms. The molecule has 0 aliphatic heterocycles. The van der Waals surface area contributed by atoms with Crippen LogP contribution in [-0.4, -0.2) is 17.1 Å². The Hall–Kier alpha value is -0.863. The average molecular weight is 234 g/mol. The van der Waals surface area contributed by atoms with Crippen molar-refractivity contribution in [2.45, 2.75) is 26.7 Å². The van der Waals surface area contributed by atoms with Gasteiger partial charge >= 0.3 is 0 Å². The van der Waals surface area contributed by atoms with Gasteiger partial charge in [-0.2, -0.15) is 0 Å². The second kappa shape index (κ2) is 6.66.